The molecule has 1 aromatic carbocycles. The van der Waals surface area contributed by atoms with Crippen LogP contribution in [0.4, 0.5) is 0 Å². The van der Waals surface area contributed by atoms with Crippen LogP contribution in [0, 0.1) is 6.92 Å². The van der Waals surface area contributed by atoms with Crippen molar-refractivity contribution < 1.29 is 4.74 Å². The van der Waals surface area contributed by atoms with Crippen LogP contribution in [0.5, 0.6) is 5.75 Å². The molecule has 0 N–H and O–H groups in total. The molecule has 0 unspecified atom stereocenters. The standard InChI is InChI=1S/C11H11BrClNO/c1-6-7-4-10(15-3)8(13)5-9(7)14(2)11(6)12/h4-5H,1-3H3. The Kier molecular flexibility index (Phi) is 2.69. The maximum atomic E-state index is 6.08. The second-order valence-corrected chi connectivity index (χ2v) is 4.64. The van der Waals surface area contributed by atoms with E-state index >= 15 is 0 Å². The van der Waals surface area contributed by atoms with Gasteiger partial charge in [-0.2, -0.15) is 0 Å². The molecule has 0 saturated carbocycles. The number of ether oxygens (including phenoxy) is 1. The minimum absolute atomic E-state index is 0.637. The third-order valence-electron chi connectivity index (χ3n) is 2.64. The number of rotatable bonds is 1. The quantitative estimate of drug-likeness (QED) is 0.776. The summed E-state index contributed by atoms with van der Waals surface area (Å²) in [4.78, 5) is 0. The zero-order chi connectivity index (χ0) is 11.2. The van der Waals surface area contributed by atoms with Gasteiger partial charge in [-0.15, -0.1) is 0 Å². The van der Waals surface area contributed by atoms with Crippen molar-refractivity contribution >= 4 is 38.4 Å². The summed E-state index contributed by atoms with van der Waals surface area (Å²) in [7, 11) is 3.63. The van der Waals surface area contributed by atoms with E-state index < -0.39 is 0 Å². The predicted molar refractivity (Wildman–Crippen MR) is 66.9 cm³/mol. The highest BCUT2D eigenvalue weighted by molar-refractivity contribution is 9.10. The van der Waals surface area contributed by atoms with Crippen LogP contribution in [0.15, 0.2) is 16.7 Å². The first-order valence-electron chi connectivity index (χ1n) is 4.54. The third-order valence-corrected chi connectivity index (χ3v) is 4.06. The van der Waals surface area contributed by atoms with E-state index in [2.05, 4.69) is 27.4 Å². The first kappa shape index (κ1) is 10.8. The van der Waals surface area contributed by atoms with E-state index in [4.69, 9.17) is 16.3 Å². The predicted octanol–water partition coefficient (Wildman–Crippen LogP) is 3.91. The topological polar surface area (TPSA) is 14.2 Å². The molecule has 0 spiro atoms. The van der Waals surface area contributed by atoms with Gasteiger partial charge in [0.2, 0.25) is 0 Å². The number of methoxy groups -OCH3 is 1. The molecular formula is C11H11BrClNO. The molecule has 0 fully saturated rings. The summed E-state index contributed by atoms with van der Waals surface area (Å²) in [5, 5.41) is 1.80. The summed E-state index contributed by atoms with van der Waals surface area (Å²) >= 11 is 9.63. The normalized spacial score (nSPS) is 11.0. The number of halogens is 2. The summed E-state index contributed by atoms with van der Waals surface area (Å²) in [6, 6.07) is 3.89. The van der Waals surface area contributed by atoms with E-state index in [0.29, 0.717) is 10.8 Å². The maximum absolute atomic E-state index is 6.08. The molecule has 0 atom stereocenters. The fourth-order valence-electron chi connectivity index (χ4n) is 1.75. The highest BCUT2D eigenvalue weighted by atomic mass is 79.9. The molecule has 2 aromatic rings. The molecule has 1 aromatic heterocycles. The first-order chi connectivity index (χ1) is 7.06. The summed E-state index contributed by atoms with van der Waals surface area (Å²) in [6.07, 6.45) is 0. The Bertz CT molecular complexity index is 533. The highest BCUT2D eigenvalue weighted by Crippen LogP contribution is 2.35. The van der Waals surface area contributed by atoms with Gasteiger partial charge in [0.1, 0.15) is 5.75 Å². The van der Waals surface area contributed by atoms with Gasteiger partial charge in [-0.1, -0.05) is 11.6 Å². The van der Waals surface area contributed by atoms with Crippen molar-refractivity contribution in [3.8, 4) is 5.75 Å². The summed E-state index contributed by atoms with van der Waals surface area (Å²) < 4.78 is 8.34. The van der Waals surface area contributed by atoms with Gasteiger partial charge in [0.25, 0.3) is 0 Å². The van der Waals surface area contributed by atoms with Gasteiger partial charge in [-0.25, -0.2) is 0 Å². The van der Waals surface area contributed by atoms with Gasteiger partial charge in [0.15, 0.2) is 0 Å². The fourth-order valence-corrected chi connectivity index (χ4v) is 2.39. The van der Waals surface area contributed by atoms with E-state index in [-0.39, 0.29) is 0 Å². The molecular weight excluding hydrogens is 277 g/mol. The molecule has 0 aliphatic heterocycles. The van der Waals surface area contributed by atoms with Crippen LogP contribution in [-0.2, 0) is 7.05 Å². The van der Waals surface area contributed by atoms with Crippen LogP contribution in [0.25, 0.3) is 10.9 Å². The first-order valence-corrected chi connectivity index (χ1v) is 5.71. The molecule has 0 amide bonds. The lowest BCUT2D eigenvalue weighted by Gasteiger charge is -2.04. The average Bonchev–Trinajstić information content (AvgIpc) is 2.43. The van der Waals surface area contributed by atoms with E-state index in [9.17, 15) is 0 Å². The second-order valence-electron chi connectivity index (χ2n) is 3.48. The minimum Gasteiger partial charge on any atom is -0.495 e. The Morgan fingerprint density at radius 1 is 1.40 bits per heavy atom. The van der Waals surface area contributed by atoms with E-state index in [1.807, 2.05) is 19.2 Å². The molecule has 4 heteroatoms. The van der Waals surface area contributed by atoms with Crippen molar-refractivity contribution in [1.82, 2.24) is 4.57 Å². The molecule has 2 rings (SSSR count). The van der Waals surface area contributed by atoms with Gasteiger partial charge in [0, 0.05) is 12.4 Å². The lowest BCUT2D eigenvalue weighted by Crippen LogP contribution is -1.88. The van der Waals surface area contributed by atoms with Crippen LogP contribution in [0.2, 0.25) is 5.02 Å². The molecule has 0 aliphatic rings. The van der Waals surface area contributed by atoms with E-state index in [0.717, 1.165) is 15.5 Å². The lowest BCUT2D eigenvalue weighted by atomic mass is 10.2. The number of fused-ring (bicyclic) bond motifs is 1. The summed E-state index contributed by atoms with van der Waals surface area (Å²) in [5.41, 5.74) is 2.30. The summed E-state index contributed by atoms with van der Waals surface area (Å²) in [5.74, 6) is 0.713. The molecule has 0 aliphatic carbocycles. The van der Waals surface area contributed by atoms with Gasteiger partial charge >= 0.3 is 0 Å². The van der Waals surface area contributed by atoms with Crippen LogP contribution in [0.1, 0.15) is 5.56 Å². The Morgan fingerprint density at radius 2 is 2.07 bits per heavy atom. The number of nitrogens with zero attached hydrogens (tertiary/aromatic N) is 1. The third kappa shape index (κ3) is 1.54. The highest BCUT2D eigenvalue weighted by Gasteiger charge is 2.12. The SMILES string of the molecule is COc1cc2c(C)c(Br)n(C)c2cc1Cl. The van der Waals surface area contributed by atoms with Gasteiger partial charge < -0.3 is 9.30 Å². The smallest absolute Gasteiger partial charge is 0.138 e. The fraction of sp³-hybridized carbons (Fsp3) is 0.273. The molecule has 80 valence electrons. The van der Waals surface area contributed by atoms with Crippen molar-refractivity contribution in [1.29, 1.82) is 0 Å². The monoisotopic (exact) mass is 287 g/mol. The van der Waals surface area contributed by atoms with E-state index in [1.54, 1.807) is 7.11 Å². The van der Waals surface area contributed by atoms with Crippen LogP contribution in [0.3, 0.4) is 0 Å². The van der Waals surface area contributed by atoms with Crippen molar-refractivity contribution in [3.05, 3.63) is 27.3 Å². The summed E-state index contributed by atoms with van der Waals surface area (Å²) in [6.45, 7) is 2.07. The Hall–Kier alpha value is -0.670. The molecule has 1 heterocycles. The van der Waals surface area contributed by atoms with Crippen molar-refractivity contribution in [2.45, 2.75) is 6.92 Å². The second kappa shape index (κ2) is 3.72. The maximum Gasteiger partial charge on any atom is 0.138 e. The van der Waals surface area contributed by atoms with Crippen molar-refractivity contribution in [2.75, 3.05) is 7.11 Å². The number of hydrogen-bond donors (Lipinski definition) is 0. The number of benzene rings is 1. The number of aromatic nitrogens is 1. The molecule has 0 saturated heterocycles. The van der Waals surface area contributed by atoms with Crippen LogP contribution < -0.4 is 4.74 Å². The Labute approximate surface area is 102 Å². The zero-order valence-electron chi connectivity index (χ0n) is 8.77. The zero-order valence-corrected chi connectivity index (χ0v) is 11.1. The molecule has 2 nitrogen and oxygen atoms in total. The van der Waals surface area contributed by atoms with Crippen molar-refractivity contribution in [3.63, 3.8) is 0 Å². The van der Waals surface area contributed by atoms with Gasteiger partial charge in [0.05, 0.1) is 22.3 Å². The van der Waals surface area contributed by atoms with Crippen LogP contribution in [-0.4, -0.2) is 11.7 Å². The number of aryl methyl sites for hydroxylation is 2. The van der Waals surface area contributed by atoms with Gasteiger partial charge in [-0.05, 0) is 40.5 Å². The molecule has 15 heavy (non-hydrogen) atoms. The average molecular weight is 289 g/mol. The van der Waals surface area contributed by atoms with Gasteiger partial charge in [-0.3, -0.25) is 0 Å². The van der Waals surface area contributed by atoms with Crippen LogP contribution >= 0.6 is 27.5 Å². The Morgan fingerprint density at radius 3 is 2.67 bits per heavy atom. The Balaban J connectivity index is 2.88. The lowest BCUT2D eigenvalue weighted by molar-refractivity contribution is 0.415. The van der Waals surface area contributed by atoms with E-state index in [1.165, 1.54) is 5.56 Å². The number of hydrogen-bond acceptors (Lipinski definition) is 1. The molecule has 0 radical (unpaired) electrons. The largest absolute Gasteiger partial charge is 0.495 e. The molecule has 0 bridgehead atoms. The van der Waals surface area contributed by atoms with Crippen molar-refractivity contribution in [2.24, 2.45) is 7.05 Å². The minimum atomic E-state index is 0.637.